The normalized spacial score (nSPS) is 9.47. The Balaban J connectivity index is 0. The van der Waals surface area contributed by atoms with Crippen molar-refractivity contribution in [3.05, 3.63) is 35.9 Å². The monoisotopic (exact) mass is 315 g/mol. The topological polar surface area (TPSA) is 63.6 Å². The van der Waals surface area contributed by atoms with E-state index in [-0.39, 0.29) is 25.4 Å². The van der Waals surface area contributed by atoms with Gasteiger partial charge in [-0.15, -0.1) is 0 Å². The summed E-state index contributed by atoms with van der Waals surface area (Å²) >= 11 is 0. The van der Waals surface area contributed by atoms with Crippen LogP contribution in [0.15, 0.2) is 24.3 Å². The molecule has 1 aromatic carbocycles. The summed E-state index contributed by atoms with van der Waals surface area (Å²) in [6, 6.07) is 9.55. The van der Waals surface area contributed by atoms with Gasteiger partial charge in [0.15, 0.2) is 0 Å². The van der Waals surface area contributed by atoms with Crippen LogP contribution in [0.3, 0.4) is 0 Å². The summed E-state index contributed by atoms with van der Waals surface area (Å²) in [4.78, 5) is 21.0. The standard InChI is InChI=1S/C9H9O2.C5H10O2.Zn/c1-2-11-9(10)8-6-4-3-5-7-8;1-5(2,3)4(6)7;/h4-7H,2H2,1H3;1-3H3,(H,6,7);/q-1;;. The van der Waals surface area contributed by atoms with Crippen LogP contribution in [0, 0.1) is 11.5 Å². The SMILES string of the molecule is CC(C)(C)C(=O)O.CCOC(=O)c1cc[c-]cc1.[Zn]. The Labute approximate surface area is 126 Å². The molecule has 1 rings (SSSR count). The van der Waals surface area contributed by atoms with Crippen molar-refractivity contribution < 1.29 is 38.9 Å². The number of carbonyl (C=O) groups is 2. The molecule has 5 heteroatoms. The molecule has 1 aromatic rings. The van der Waals surface area contributed by atoms with Crippen molar-refractivity contribution in [2.24, 2.45) is 5.41 Å². The van der Waals surface area contributed by atoms with Crippen LogP contribution in [-0.2, 0) is 29.0 Å². The van der Waals surface area contributed by atoms with Gasteiger partial charge in [-0.25, -0.2) is 4.79 Å². The van der Waals surface area contributed by atoms with Crippen LogP contribution in [0.2, 0.25) is 0 Å². The summed E-state index contributed by atoms with van der Waals surface area (Å²) in [5.74, 6) is -1.03. The number of esters is 1. The molecular weight excluding hydrogens is 298 g/mol. The summed E-state index contributed by atoms with van der Waals surface area (Å²) < 4.78 is 4.78. The first-order valence-corrected chi connectivity index (χ1v) is 5.65. The Bertz CT molecular complexity index is 382. The first-order chi connectivity index (χ1) is 8.29. The Hall–Kier alpha value is -1.22. The number of carbonyl (C=O) groups excluding carboxylic acids is 1. The molecule has 4 nitrogen and oxygen atoms in total. The van der Waals surface area contributed by atoms with Gasteiger partial charge < -0.3 is 9.84 Å². The molecule has 0 saturated carbocycles. The van der Waals surface area contributed by atoms with Crippen LogP contribution < -0.4 is 0 Å². The van der Waals surface area contributed by atoms with Crippen molar-refractivity contribution in [1.29, 1.82) is 0 Å². The van der Waals surface area contributed by atoms with Crippen molar-refractivity contribution in [2.45, 2.75) is 27.7 Å². The number of rotatable bonds is 2. The summed E-state index contributed by atoms with van der Waals surface area (Å²) in [5, 5.41) is 8.25. The van der Waals surface area contributed by atoms with E-state index in [9.17, 15) is 9.59 Å². The Morgan fingerprint density at radius 2 is 1.68 bits per heavy atom. The van der Waals surface area contributed by atoms with Crippen LogP contribution in [-0.4, -0.2) is 23.7 Å². The van der Waals surface area contributed by atoms with E-state index in [0.717, 1.165) is 0 Å². The molecule has 0 aliphatic carbocycles. The molecular formula is C14H19O4Zn-. The molecule has 102 valence electrons. The fraction of sp³-hybridized carbons (Fsp3) is 0.429. The van der Waals surface area contributed by atoms with E-state index in [0.29, 0.717) is 12.2 Å². The van der Waals surface area contributed by atoms with Crippen molar-refractivity contribution in [2.75, 3.05) is 6.61 Å². The van der Waals surface area contributed by atoms with Gasteiger partial charge in [-0.1, -0.05) is 0 Å². The van der Waals surface area contributed by atoms with Gasteiger partial charge in [0.05, 0.1) is 12.0 Å². The van der Waals surface area contributed by atoms with Gasteiger partial charge in [-0.05, 0) is 33.3 Å². The molecule has 0 fully saturated rings. The number of hydrogen-bond acceptors (Lipinski definition) is 3. The molecule has 0 spiro atoms. The molecule has 0 atom stereocenters. The minimum atomic E-state index is -0.757. The first-order valence-electron chi connectivity index (χ1n) is 5.65. The predicted molar refractivity (Wildman–Crippen MR) is 68.3 cm³/mol. The van der Waals surface area contributed by atoms with E-state index in [2.05, 4.69) is 6.07 Å². The predicted octanol–water partition coefficient (Wildman–Crippen LogP) is 2.78. The third-order valence-corrected chi connectivity index (χ3v) is 1.87. The Morgan fingerprint density at radius 3 is 2.00 bits per heavy atom. The number of aliphatic carboxylic acids is 1. The number of hydrogen-bond donors (Lipinski definition) is 1. The first kappa shape index (κ1) is 20.1. The van der Waals surface area contributed by atoms with Gasteiger partial charge in [-0.3, -0.25) is 4.79 Å². The van der Waals surface area contributed by atoms with E-state index in [1.54, 1.807) is 52.0 Å². The minimum Gasteiger partial charge on any atom is -0.481 e. The Kier molecular flexibility index (Phi) is 10.2. The number of carboxylic acid groups (broad SMARTS) is 1. The molecule has 0 radical (unpaired) electrons. The average Bonchev–Trinajstić information content (AvgIpc) is 2.30. The molecule has 1 N–H and O–H groups in total. The van der Waals surface area contributed by atoms with Crippen molar-refractivity contribution >= 4 is 11.9 Å². The number of ether oxygens (including phenoxy) is 1. The zero-order valence-corrected chi connectivity index (χ0v) is 14.9. The maximum Gasteiger partial charge on any atom is 0.313 e. The molecule has 0 bridgehead atoms. The van der Waals surface area contributed by atoms with E-state index in [1.807, 2.05) is 0 Å². The maximum absolute atomic E-state index is 11.0. The third-order valence-electron chi connectivity index (χ3n) is 1.87. The third kappa shape index (κ3) is 9.37. The second kappa shape index (κ2) is 9.68. The quantitative estimate of drug-likeness (QED) is 0.518. The van der Waals surface area contributed by atoms with Crippen LogP contribution in [0.5, 0.6) is 0 Å². The maximum atomic E-state index is 11.0. The summed E-state index contributed by atoms with van der Waals surface area (Å²) in [6.45, 7) is 7.18. The van der Waals surface area contributed by atoms with Gasteiger partial charge >= 0.3 is 11.9 Å². The zero-order valence-electron chi connectivity index (χ0n) is 11.9. The van der Waals surface area contributed by atoms with Gasteiger partial charge in [0, 0.05) is 19.5 Å². The summed E-state index contributed by atoms with van der Waals surface area (Å²) in [5.41, 5.74) is -0.00870. The minimum absolute atomic E-state index is 0. The van der Waals surface area contributed by atoms with Crippen molar-refractivity contribution in [3.8, 4) is 0 Å². The molecule has 0 aliphatic heterocycles. The zero-order chi connectivity index (χ0) is 14.2. The van der Waals surface area contributed by atoms with Crippen LogP contribution >= 0.6 is 0 Å². The largest absolute Gasteiger partial charge is 0.481 e. The van der Waals surface area contributed by atoms with E-state index in [1.165, 1.54) is 0 Å². The molecule has 0 aliphatic rings. The van der Waals surface area contributed by atoms with Gasteiger partial charge in [0.2, 0.25) is 0 Å². The number of benzene rings is 1. The second-order valence-electron chi connectivity index (χ2n) is 4.56. The van der Waals surface area contributed by atoms with Gasteiger partial charge in [0.1, 0.15) is 0 Å². The van der Waals surface area contributed by atoms with Gasteiger partial charge in [0.25, 0.3) is 0 Å². The molecule has 0 amide bonds. The number of carboxylic acids is 1. The fourth-order valence-corrected chi connectivity index (χ4v) is 0.737. The van der Waals surface area contributed by atoms with Gasteiger partial charge in [-0.2, -0.15) is 30.3 Å². The van der Waals surface area contributed by atoms with Crippen LogP contribution in [0.1, 0.15) is 38.1 Å². The summed E-state index contributed by atoms with van der Waals surface area (Å²) in [7, 11) is 0. The molecule has 0 aromatic heterocycles. The smallest absolute Gasteiger partial charge is 0.313 e. The van der Waals surface area contributed by atoms with E-state index in [4.69, 9.17) is 9.84 Å². The average molecular weight is 317 g/mol. The molecule has 0 heterocycles. The molecule has 0 unspecified atom stereocenters. The molecule has 0 saturated heterocycles. The van der Waals surface area contributed by atoms with E-state index < -0.39 is 11.4 Å². The Morgan fingerprint density at radius 1 is 1.26 bits per heavy atom. The van der Waals surface area contributed by atoms with Crippen LogP contribution in [0.25, 0.3) is 0 Å². The second-order valence-corrected chi connectivity index (χ2v) is 4.56. The van der Waals surface area contributed by atoms with Crippen LogP contribution in [0.4, 0.5) is 0 Å². The summed E-state index contributed by atoms with van der Waals surface area (Å²) in [6.07, 6.45) is 0. The van der Waals surface area contributed by atoms with Crippen molar-refractivity contribution in [1.82, 2.24) is 0 Å². The fourth-order valence-electron chi connectivity index (χ4n) is 0.737. The molecule has 19 heavy (non-hydrogen) atoms. The van der Waals surface area contributed by atoms with E-state index >= 15 is 0 Å². The van der Waals surface area contributed by atoms with Crippen molar-refractivity contribution in [3.63, 3.8) is 0 Å².